The van der Waals surface area contributed by atoms with Crippen molar-refractivity contribution in [2.45, 2.75) is 19.3 Å². The van der Waals surface area contributed by atoms with E-state index in [0.717, 1.165) is 22.1 Å². The molecule has 0 amide bonds. The summed E-state index contributed by atoms with van der Waals surface area (Å²) in [6.07, 6.45) is 0. The molecule has 0 bridgehead atoms. The monoisotopic (exact) mass is 510 g/mol. The van der Waals surface area contributed by atoms with E-state index in [-0.39, 0.29) is 5.41 Å². The van der Waals surface area contributed by atoms with Crippen molar-refractivity contribution in [2.75, 3.05) is 0 Å². The zero-order valence-electron chi connectivity index (χ0n) is 22.5. The van der Waals surface area contributed by atoms with Gasteiger partial charge in [-0.3, -0.25) is 0 Å². The Morgan fingerprint density at radius 2 is 0.975 bits per heavy atom. The molecule has 1 heteroatoms. The molecular formula is C39H26O. The summed E-state index contributed by atoms with van der Waals surface area (Å²) in [5, 5.41) is 9.80. The lowest BCUT2D eigenvalue weighted by molar-refractivity contribution is 0.660. The minimum atomic E-state index is -0.0418. The first-order chi connectivity index (χ1) is 19.6. The Bertz CT molecular complexity index is 2310. The van der Waals surface area contributed by atoms with E-state index in [9.17, 15) is 0 Å². The Hall–Kier alpha value is -4.88. The molecule has 8 aromatic rings. The van der Waals surface area contributed by atoms with Crippen LogP contribution in [0.2, 0.25) is 0 Å². The zero-order valence-corrected chi connectivity index (χ0v) is 22.5. The molecule has 0 N–H and O–H groups in total. The van der Waals surface area contributed by atoms with Crippen molar-refractivity contribution < 1.29 is 4.42 Å². The molecule has 40 heavy (non-hydrogen) atoms. The van der Waals surface area contributed by atoms with E-state index in [1.807, 2.05) is 0 Å². The van der Waals surface area contributed by atoms with Crippen LogP contribution in [0.25, 0.3) is 76.5 Å². The maximum atomic E-state index is 6.94. The summed E-state index contributed by atoms with van der Waals surface area (Å²) in [6.45, 7) is 4.68. The Morgan fingerprint density at radius 3 is 1.77 bits per heavy atom. The molecular weight excluding hydrogens is 484 g/mol. The summed E-state index contributed by atoms with van der Waals surface area (Å²) in [4.78, 5) is 0. The number of para-hydroxylation sites is 1. The van der Waals surface area contributed by atoms with E-state index in [1.54, 1.807) is 0 Å². The van der Waals surface area contributed by atoms with Gasteiger partial charge in [0.1, 0.15) is 11.2 Å². The summed E-state index contributed by atoms with van der Waals surface area (Å²) in [6, 6.07) is 44.3. The van der Waals surface area contributed by atoms with Crippen molar-refractivity contribution in [3.63, 3.8) is 0 Å². The molecule has 1 aliphatic rings. The van der Waals surface area contributed by atoms with E-state index in [1.165, 1.54) is 65.5 Å². The van der Waals surface area contributed by atoms with Crippen molar-refractivity contribution in [3.8, 4) is 22.3 Å². The zero-order chi connectivity index (χ0) is 26.6. The number of benzene rings is 7. The number of fused-ring (bicyclic) bond motifs is 13. The number of furan rings is 1. The molecule has 0 saturated heterocycles. The van der Waals surface area contributed by atoms with Gasteiger partial charge in [-0.15, -0.1) is 0 Å². The molecule has 1 nitrogen and oxygen atoms in total. The Kier molecular flexibility index (Phi) is 4.18. The molecule has 0 aliphatic heterocycles. The molecule has 1 aromatic heterocycles. The van der Waals surface area contributed by atoms with E-state index in [4.69, 9.17) is 4.42 Å². The summed E-state index contributed by atoms with van der Waals surface area (Å²) in [5.41, 5.74) is 9.68. The van der Waals surface area contributed by atoms with Crippen molar-refractivity contribution in [1.29, 1.82) is 0 Å². The molecule has 188 valence electrons. The largest absolute Gasteiger partial charge is 0.455 e. The Morgan fingerprint density at radius 1 is 0.425 bits per heavy atom. The second-order valence-corrected chi connectivity index (χ2v) is 11.7. The van der Waals surface area contributed by atoms with Gasteiger partial charge >= 0.3 is 0 Å². The first-order valence-electron chi connectivity index (χ1n) is 14.0. The third-order valence-electron chi connectivity index (χ3n) is 9.27. The van der Waals surface area contributed by atoms with Crippen LogP contribution in [-0.4, -0.2) is 0 Å². The minimum absolute atomic E-state index is 0.0418. The number of rotatable bonds is 1. The van der Waals surface area contributed by atoms with Crippen LogP contribution < -0.4 is 0 Å². The van der Waals surface area contributed by atoms with Crippen LogP contribution in [0.1, 0.15) is 25.0 Å². The van der Waals surface area contributed by atoms with Gasteiger partial charge in [0.2, 0.25) is 0 Å². The van der Waals surface area contributed by atoms with E-state index in [2.05, 4.69) is 135 Å². The molecule has 7 aromatic carbocycles. The average Bonchev–Trinajstić information content (AvgIpc) is 3.50. The fourth-order valence-corrected chi connectivity index (χ4v) is 7.34. The van der Waals surface area contributed by atoms with Crippen molar-refractivity contribution in [3.05, 3.63) is 132 Å². The van der Waals surface area contributed by atoms with Crippen LogP contribution >= 0.6 is 0 Å². The fourth-order valence-electron chi connectivity index (χ4n) is 7.34. The molecule has 0 spiro atoms. The highest BCUT2D eigenvalue weighted by molar-refractivity contribution is 6.32. The molecule has 1 aliphatic carbocycles. The SMILES string of the molecule is CC1(C)c2ccccc2-c2ccc(-c3cccc4c3oc3c4ccc4c5ccccc5c5ccccc5c43)cc21. The van der Waals surface area contributed by atoms with Gasteiger partial charge in [0.25, 0.3) is 0 Å². The summed E-state index contributed by atoms with van der Waals surface area (Å²) in [7, 11) is 0. The highest BCUT2D eigenvalue weighted by Crippen LogP contribution is 2.50. The lowest BCUT2D eigenvalue weighted by atomic mass is 9.81. The van der Waals surface area contributed by atoms with E-state index in [0.29, 0.717) is 0 Å². The highest BCUT2D eigenvalue weighted by Gasteiger charge is 2.35. The molecule has 0 radical (unpaired) electrons. The third-order valence-corrected chi connectivity index (χ3v) is 9.27. The quantitative estimate of drug-likeness (QED) is 0.200. The Balaban J connectivity index is 1.36. The van der Waals surface area contributed by atoms with E-state index >= 15 is 0 Å². The standard InChI is InChI=1S/C39H26O/c1-39(2)34-17-8-7-13-28(34)29-19-18-23(22-35(29)39)24-15-9-16-32-33-21-20-31-27-12-4-3-10-25(27)26-11-5-6-14-30(26)36(31)38(33)40-37(24)32/h3-22H,1-2H3. The van der Waals surface area contributed by atoms with Crippen LogP contribution in [0.5, 0.6) is 0 Å². The van der Waals surface area contributed by atoms with Gasteiger partial charge in [0.05, 0.1) is 0 Å². The molecule has 9 rings (SSSR count). The van der Waals surface area contributed by atoms with Gasteiger partial charge in [0, 0.05) is 27.1 Å². The predicted molar refractivity (Wildman–Crippen MR) is 169 cm³/mol. The van der Waals surface area contributed by atoms with Crippen LogP contribution in [0.4, 0.5) is 0 Å². The maximum Gasteiger partial charge on any atom is 0.143 e. The number of hydrogen-bond donors (Lipinski definition) is 0. The first-order valence-corrected chi connectivity index (χ1v) is 14.0. The second kappa shape index (κ2) is 7.61. The van der Waals surface area contributed by atoms with Gasteiger partial charge in [-0.2, -0.15) is 0 Å². The van der Waals surface area contributed by atoms with Gasteiger partial charge in [-0.05, 0) is 66.9 Å². The summed E-state index contributed by atoms with van der Waals surface area (Å²) >= 11 is 0. The van der Waals surface area contributed by atoms with Gasteiger partial charge in [0.15, 0.2) is 0 Å². The van der Waals surface area contributed by atoms with Gasteiger partial charge < -0.3 is 4.42 Å². The highest BCUT2D eigenvalue weighted by atomic mass is 16.3. The van der Waals surface area contributed by atoms with Gasteiger partial charge in [-0.25, -0.2) is 0 Å². The molecule has 0 unspecified atom stereocenters. The van der Waals surface area contributed by atoms with E-state index < -0.39 is 0 Å². The van der Waals surface area contributed by atoms with Crippen LogP contribution in [0, 0.1) is 0 Å². The molecule has 1 heterocycles. The lowest BCUT2D eigenvalue weighted by Gasteiger charge is -2.22. The summed E-state index contributed by atoms with van der Waals surface area (Å²) in [5.74, 6) is 0. The first kappa shape index (κ1) is 22.0. The Labute approximate surface area is 232 Å². The molecule has 0 atom stereocenters. The topological polar surface area (TPSA) is 13.1 Å². The third kappa shape index (κ3) is 2.72. The predicted octanol–water partition coefficient (Wildman–Crippen LogP) is 11.0. The van der Waals surface area contributed by atoms with Crippen LogP contribution in [0.15, 0.2) is 126 Å². The van der Waals surface area contributed by atoms with Crippen LogP contribution in [-0.2, 0) is 5.41 Å². The van der Waals surface area contributed by atoms with Crippen molar-refractivity contribution in [2.24, 2.45) is 0 Å². The van der Waals surface area contributed by atoms with Crippen molar-refractivity contribution >= 4 is 54.3 Å². The normalized spacial score (nSPS) is 13.9. The van der Waals surface area contributed by atoms with Crippen molar-refractivity contribution in [1.82, 2.24) is 0 Å². The summed E-state index contributed by atoms with van der Waals surface area (Å²) < 4.78 is 6.94. The second-order valence-electron chi connectivity index (χ2n) is 11.7. The lowest BCUT2D eigenvalue weighted by Crippen LogP contribution is -2.14. The minimum Gasteiger partial charge on any atom is -0.455 e. The fraction of sp³-hybridized carbons (Fsp3) is 0.0769. The smallest absolute Gasteiger partial charge is 0.143 e. The number of hydrogen-bond acceptors (Lipinski definition) is 1. The maximum absolute atomic E-state index is 6.94. The van der Waals surface area contributed by atoms with Gasteiger partial charge in [-0.1, -0.05) is 123 Å². The average molecular weight is 511 g/mol. The molecule has 0 fully saturated rings. The van der Waals surface area contributed by atoms with Crippen LogP contribution in [0.3, 0.4) is 0 Å². The molecule has 0 saturated carbocycles.